The highest BCUT2D eigenvalue weighted by molar-refractivity contribution is 6.00. The van der Waals surface area contributed by atoms with Crippen LogP contribution in [0.15, 0.2) is 42.5 Å². The largest absolute Gasteiger partial charge is 0.488 e. The molecule has 0 aromatic heterocycles. The number of hydrogen-bond donors (Lipinski definition) is 4. The number of ether oxygens (including phenoxy) is 1. The topological polar surface area (TPSA) is 137 Å². The number of aliphatic hydroxyl groups is 1. The monoisotopic (exact) mass is 635 g/mol. The summed E-state index contributed by atoms with van der Waals surface area (Å²) in [6, 6.07) is 12.0. The lowest BCUT2D eigenvalue weighted by molar-refractivity contribution is -0.116. The van der Waals surface area contributed by atoms with Crippen molar-refractivity contribution in [2.45, 2.75) is 90.2 Å². The molecule has 0 saturated heterocycles. The number of para-hydroxylation sites is 2. The van der Waals surface area contributed by atoms with Gasteiger partial charge in [0.25, 0.3) is 5.91 Å². The Balaban J connectivity index is 1.33. The zero-order chi connectivity index (χ0) is 33.1. The Morgan fingerprint density at radius 3 is 2.41 bits per heavy atom. The van der Waals surface area contributed by atoms with Crippen LogP contribution in [0.2, 0.25) is 0 Å². The van der Waals surface area contributed by atoms with Gasteiger partial charge in [-0.05, 0) is 75.9 Å². The minimum atomic E-state index is -0.355. The Hall–Kier alpha value is -3.63. The molecular formula is C36H53N5O5. The van der Waals surface area contributed by atoms with Crippen LogP contribution < -0.4 is 21.1 Å². The van der Waals surface area contributed by atoms with Crippen molar-refractivity contribution in [2.75, 3.05) is 49.7 Å². The fraction of sp³-hybridized carbons (Fsp3) is 0.583. The fourth-order valence-corrected chi connectivity index (χ4v) is 6.51. The van der Waals surface area contributed by atoms with Gasteiger partial charge in [0, 0.05) is 44.1 Å². The van der Waals surface area contributed by atoms with Crippen molar-refractivity contribution in [1.29, 1.82) is 0 Å². The lowest BCUT2D eigenvalue weighted by Gasteiger charge is -2.38. The molecule has 2 aromatic carbocycles. The van der Waals surface area contributed by atoms with E-state index in [1.165, 1.54) is 32.1 Å². The number of carbonyl (C=O) groups excluding carboxylic acids is 3. The molecule has 252 valence electrons. The second-order valence-electron chi connectivity index (χ2n) is 13.3. The van der Waals surface area contributed by atoms with Gasteiger partial charge in [0.05, 0.1) is 29.6 Å². The van der Waals surface area contributed by atoms with E-state index in [2.05, 4.69) is 29.5 Å². The highest BCUT2D eigenvalue weighted by Gasteiger charge is 2.34. The molecular weight excluding hydrogens is 582 g/mol. The van der Waals surface area contributed by atoms with E-state index in [1.807, 2.05) is 19.1 Å². The molecule has 0 bridgehead atoms. The van der Waals surface area contributed by atoms with E-state index in [-0.39, 0.29) is 42.4 Å². The molecule has 1 aliphatic heterocycles. The van der Waals surface area contributed by atoms with Crippen molar-refractivity contribution in [3.8, 4) is 5.75 Å². The Kier molecular flexibility index (Phi) is 13.3. The highest BCUT2D eigenvalue weighted by Crippen LogP contribution is 2.31. The van der Waals surface area contributed by atoms with E-state index in [1.54, 1.807) is 35.2 Å². The summed E-state index contributed by atoms with van der Waals surface area (Å²) in [5.74, 6) is 0.791. The van der Waals surface area contributed by atoms with Crippen LogP contribution in [0.3, 0.4) is 0 Å². The summed E-state index contributed by atoms with van der Waals surface area (Å²) >= 11 is 0. The molecule has 10 heteroatoms. The first-order valence-electron chi connectivity index (χ1n) is 17.0. The maximum atomic E-state index is 13.8. The summed E-state index contributed by atoms with van der Waals surface area (Å²) in [7, 11) is 2.15. The third-order valence-corrected chi connectivity index (χ3v) is 9.28. The number of carbonyl (C=O) groups is 3. The zero-order valence-corrected chi connectivity index (χ0v) is 27.8. The molecule has 5 N–H and O–H groups in total. The molecule has 0 unspecified atom stereocenters. The molecule has 4 rings (SSSR count). The van der Waals surface area contributed by atoms with Crippen LogP contribution in [0.4, 0.5) is 17.1 Å². The third kappa shape index (κ3) is 10.2. The molecule has 1 saturated carbocycles. The number of rotatable bonds is 14. The number of nitrogen functional groups attached to an aromatic ring is 1. The van der Waals surface area contributed by atoms with Gasteiger partial charge in [0.1, 0.15) is 11.9 Å². The lowest BCUT2D eigenvalue weighted by atomic mass is 9.89. The first kappa shape index (κ1) is 35.2. The number of anilines is 3. The standard InChI is InChI=1S/C36H53N5O5/c1-25-21-41(26(2)24-42)36(45)29-20-28(18-19-32(29)46-33(25)23-40(3)22-27-12-6-4-7-13-27)38-34(43)16-8-5-9-17-35(44)39-31-15-11-10-14-30(31)37/h10-11,14-15,18-20,25-27,33,42H,4-9,12-13,16-17,21-24,37H2,1-3H3,(H,38,43)(H,39,44)/t25-,26+,33+/m1/s1. The molecule has 10 nitrogen and oxygen atoms in total. The first-order chi connectivity index (χ1) is 22.1. The van der Waals surface area contributed by atoms with Gasteiger partial charge >= 0.3 is 0 Å². The van der Waals surface area contributed by atoms with Crippen LogP contribution in [0.25, 0.3) is 0 Å². The number of nitrogens with one attached hydrogen (secondary N) is 2. The number of hydrogen-bond acceptors (Lipinski definition) is 7. The first-order valence-corrected chi connectivity index (χ1v) is 17.0. The van der Waals surface area contributed by atoms with Crippen LogP contribution in [0.5, 0.6) is 5.75 Å². The van der Waals surface area contributed by atoms with Crippen LogP contribution in [0.1, 0.15) is 88.4 Å². The summed E-state index contributed by atoms with van der Waals surface area (Å²) in [5.41, 5.74) is 7.92. The van der Waals surface area contributed by atoms with Gasteiger partial charge in [0.15, 0.2) is 0 Å². The second kappa shape index (κ2) is 17.3. The van der Waals surface area contributed by atoms with Crippen molar-refractivity contribution in [1.82, 2.24) is 9.80 Å². The average molecular weight is 636 g/mol. The smallest absolute Gasteiger partial charge is 0.258 e. The minimum absolute atomic E-state index is 0.0573. The van der Waals surface area contributed by atoms with Crippen molar-refractivity contribution < 1.29 is 24.2 Å². The number of amides is 3. The quantitative estimate of drug-likeness (QED) is 0.158. The number of likely N-dealkylation sites (N-methyl/N-ethyl adjacent to an activating group) is 1. The van der Waals surface area contributed by atoms with E-state index < -0.39 is 0 Å². The normalized spacial score (nSPS) is 19.5. The van der Waals surface area contributed by atoms with Gasteiger partial charge in [-0.15, -0.1) is 0 Å². The van der Waals surface area contributed by atoms with Crippen LogP contribution in [-0.2, 0) is 9.59 Å². The molecule has 3 atom stereocenters. The van der Waals surface area contributed by atoms with Gasteiger partial charge in [0.2, 0.25) is 11.8 Å². The molecule has 1 aliphatic carbocycles. The van der Waals surface area contributed by atoms with E-state index in [0.29, 0.717) is 66.5 Å². The Labute approximate surface area is 274 Å². The number of nitrogens with zero attached hydrogens (tertiary/aromatic N) is 2. The Morgan fingerprint density at radius 2 is 1.72 bits per heavy atom. The summed E-state index contributed by atoms with van der Waals surface area (Å²) in [5, 5.41) is 15.7. The minimum Gasteiger partial charge on any atom is -0.488 e. The predicted molar refractivity (Wildman–Crippen MR) is 183 cm³/mol. The second-order valence-corrected chi connectivity index (χ2v) is 13.3. The fourth-order valence-electron chi connectivity index (χ4n) is 6.51. The number of benzene rings is 2. The lowest BCUT2D eigenvalue weighted by Crippen LogP contribution is -2.50. The molecule has 46 heavy (non-hydrogen) atoms. The van der Waals surface area contributed by atoms with Gasteiger partial charge in [-0.2, -0.15) is 0 Å². The van der Waals surface area contributed by atoms with Crippen molar-refractivity contribution in [3.63, 3.8) is 0 Å². The zero-order valence-electron chi connectivity index (χ0n) is 27.8. The molecule has 1 fully saturated rings. The molecule has 2 aliphatic rings. The number of aliphatic hydroxyl groups excluding tert-OH is 1. The molecule has 0 radical (unpaired) electrons. The number of unbranched alkanes of at least 4 members (excludes halogenated alkanes) is 2. The van der Waals surface area contributed by atoms with Crippen LogP contribution >= 0.6 is 0 Å². The summed E-state index contributed by atoms with van der Waals surface area (Å²) in [4.78, 5) is 42.9. The van der Waals surface area contributed by atoms with E-state index >= 15 is 0 Å². The summed E-state index contributed by atoms with van der Waals surface area (Å²) in [6.07, 6.45) is 9.04. The van der Waals surface area contributed by atoms with E-state index in [4.69, 9.17) is 10.5 Å². The third-order valence-electron chi connectivity index (χ3n) is 9.28. The molecule has 3 amide bonds. The number of nitrogens with two attached hydrogens (primary N) is 1. The Morgan fingerprint density at radius 1 is 1.02 bits per heavy atom. The predicted octanol–water partition coefficient (Wildman–Crippen LogP) is 5.53. The van der Waals surface area contributed by atoms with Crippen molar-refractivity contribution in [2.24, 2.45) is 11.8 Å². The molecule has 0 spiro atoms. The van der Waals surface area contributed by atoms with Crippen molar-refractivity contribution >= 4 is 34.8 Å². The van der Waals surface area contributed by atoms with E-state index in [0.717, 1.165) is 19.5 Å². The SMILES string of the molecule is C[C@@H]1CN([C@@H](C)CO)C(=O)c2cc(NC(=O)CCCCCC(=O)Nc3ccccc3N)ccc2O[C@H]1CN(C)CC1CCCCC1. The Bertz CT molecular complexity index is 1310. The maximum absolute atomic E-state index is 13.8. The average Bonchev–Trinajstić information content (AvgIpc) is 3.04. The van der Waals surface area contributed by atoms with E-state index in [9.17, 15) is 19.5 Å². The van der Waals surface area contributed by atoms with Gasteiger partial charge in [-0.25, -0.2) is 0 Å². The van der Waals surface area contributed by atoms with Gasteiger partial charge < -0.3 is 36.0 Å². The van der Waals surface area contributed by atoms with Gasteiger partial charge in [-0.1, -0.05) is 44.7 Å². The highest BCUT2D eigenvalue weighted by atomic mass is 16.5. The summed E-state index contributed by atoms with van der Waals surface area (Å²) < 4.78 is 6.55. The maximum Gasteiger partial charge on any atom is 0.258 e. The van der Waals surface area contributed by atoms with Crippen LogP contribution in [-0.4, -0.2) is 78.1 Å². The summed E-state index contributed by atoms with van der Waals surface area (Å²) in [6.45, 7) is 6.07. The molecule has 2 aromatic rings. The van der Waals surface area contributed by atoms with Gasteiger partial charge in [-0.3, -0.25) is 14.4 Å². The van der Waals surface area contributed by atoms with Crippen molar-refractivity contribution in [3.05, 3.63) is 48.0 Å². The molecule has 1 heterocycles. The van der Waals surface area contributed by atoms with Crippen LogP contribution in [0, 0.1) is 11.8 Å². The number of fused-ring (bicyclic) bond motifs is 1.